The van der Waals surface area contributed by atoms with Gasteiger partial charge in [0.25, 0.3) is 5.22 Å². The Hall–Kier alpha value is -3.92. The number of benzene rings is 3. The largest absolute Gasteiger partial charge is 0.497 e. The fourth-order valence-electron chi connectivity index (χ4n) is 4.32. The van der Waals surface area contributed by atoms with Crippen LogP contribution in [-0.4, -0.2) is 40.1 Å². The van der Waals surface area contributed by atoms with Gasteiger partial charge in [0.05, 0.1) is 14.2 Å². The zero-order valence-corrected chi connectivity index (χ0v) is 24.0. The van der Waals surface area contributed by atoms with Crippen LogP contribution in [0.2, 0.25) is 10.0 Å². The number of rotatable bonds is 9. The number of hydrogen-bond donors (Lipinski definition) is 1. The van der Waals surface area contributed by atoms with Gasteiger partial charge in [-0.1, -0.05) is 47.5 Å². The first-order chi connectivity index (χ1) is 19.3. The van der Waals surface area contributed by atoms with E-state index in [4.69, 9.17) is 37.1 Å². The summed E-state index contributed by atoms with van der Waals surface area (Å²) in [7, 11) is 3.08. The molecule has 0 aliphatic heterocycles. The van der Waals surface area contributed by atoms with Gasteiger partial charge in [0.15, 0.2) is 0 Å². The van der Waals surface area contributed by atoms with E-state index < -0.39 is 5.97 Å². The van der Waals surface area contributed by atoms with Crippen LogP contribution in [0.5, 0.6) is 11.5 Å². The zero-order chi connectivity index (χ0) is 28.4. The molecular formula is C29H23Cl2N3O5S. The molecule has 11 heteroatoms. The number of carboxylic acids is 1. The van der Waals surface area contributed by atoms with E-state index in [0.29, 0.717) is 33.7 Å². The molecule has 0 aliphatic carbocycles. The van der Waals surface area contributed by atoms with E-state index in [1.807, 2.05) is 37.3 Å². The maximum atomic E-state index is 12.3. The van der Waals surface area contributed by atoms with E-state index in [-0.39, 0.29) is 16.0 Å². The van der Waals surface area contributed by atoms with Crippen LogP contribution in [0.15, 0.2) is 75.2 Å². The van der Waals surface area contributed by atoms with Crippen LogP contribution in [0.25, 0.3) is 28.4 Å². The molecule has 0 fully saturated rings. The summed E-state index contributed by atoms with van der Waals surface area (Å²) in [5.41, 5.74) is 4.06. The Bertz CT molecular complexity index is 1740. The monoisotopic (exact) mass is 595 g/mol. The number of aromatic nitrogens is 3. The summed E-state index contributed by atoms with van der Waals surface area (Å²) in [6, 6.07) is 18.4. The second-order valence-corrected chi connectivity index (χ2v) is 10.6. The standard InChI is InChI=1S/C29H23Cl2N3O5S/c1-16-23(22-6-4-5-7-25(22)34(16)15-17-8-9-19(30)12-24(17)31)14-26(28(35)36)40-29-33-32-27(39-29)18-10-20(37-2)13-21(11-18)38-3/h4-14H,15H2,1-3H3,(H,35,36)/b26-14-. The van der Waals surface area contributed by atoms with Crippen LogP contribution < -0.4 is 9.47 Å². The van der Waals surface area contributed by atoms with Crippen molar-refractivity contribution in [1.29, 1.82) is 0 Å². The van der Waals surface area contributed by atoms with Crippen molar-refractivity contribution in [2.75, 3.05) is 14.2 Å². The Kier molecular flexibility index (Phi) is 8.07. The van der Waals surface area contributed by atoms with Gasteiger partial charge in [0.2, 0.25) is 5.89 Å². The maximum absolute atomic E-state index is 12.3. The molecule has 0 saturated heterocycles. The summed E-state index contributed by atoms with van der Waals surface area (Å²) >= 11 is 13.4. The number of para-hydroxylation sites is 1. The lowest BCUT2D eigenvalue weighted by Gasteiger charge is -2.11. The fraction of sp³-hybridized carbons (Fsp3) is 0.138. The third-order valence-electron chi connectivity index (χ3n) is 6.31. The lowest BCUT2D eigenvalue weighted by molar-refractivity contribution is -0.131. The Morgan fingerprint density at radius 2 is 1.77 bits per heavy atom. The molecule has 40 heavy (non-hydrogen) atoms. The van der Waals surface area contributed by atoms with E-state index in [0.717, 1.165) is 39.5 Å². The van der Waals surface area contributed by atoms with Gasteiger partial charge >= 0.3 is 5.97 Å². The molecule has 0 aliphatic rings. The first-order valence-corrected chi connectivity index (χ1v) is 13.6. The van der Waals surface area contributed by atoms with Gasteiger partial charge in [-0.2, -0.15) is 0 Å². The highest BCUT2D eigenvalue weighted by atomic mass is 35.5. The Morgan fingerprint density at radius 3 is 2.45 bits per heavy atom. The van der Waals surface area contributed by atoms with E-state index in [1.54, 1.807) is 50.6 Å². The quantitative estimate of drug-likeness (QED) is 0.137. The smallest absolute Gasteiger partial charge is 0.342 e. The van der Waals surface area contributed by atoms with Crippen LogP contribution in [0.4, 0.5) is 0 Å². The molecule has 204 valence electrons. The number of carbonyl (C=O) groups is 1. The summed E-state index contributed by atoms with van der Waals surface area (Å²) in [4.78, 5) is 12.3. The molecule has 0 unspecified atom stereocenters. The molecule has 0 spiro atoms. The molecular weight excluding hydrogens is 573 g/mol. The molecule has 2 heterocycles. The summed E-state index contributed by atoms with van der Waals surface area (Å²) in [6.45, 7) is 2.43. The van der Waals surface area contributed by atoms with Gasteiger partial charge in [-0.15, -0.1) is 10.2 Å². The van der Waals surface area contributed by atoms with Crippen molar-refractivity contribution in [3.05, 3.63) is 92.4 Å². The molecule has 8 nitrogen and oxygen atoms in total. The van der Waals surface area contributed by atoms with Gasteiger partial charge in [-0.25, -0.2) is 4.79 Å². The number of methoxy groups -OCH3 is 2. The molecule has 1 N–H and O–H groups in total. The Morgan fingerprint density at radius 1 is 1.05 bits per heavy atom. The van der Waals surface area contributed by atoms with Crippen molar-refractivity contribution in [2.24, 2.45) is 0 Å². The number of halogens is 2. The third-order valence-corrected chi connectivity index (χ3v) is 7.75. The fourth-order valence-corrected chi connectivity index (χ4v) is 5.45. The van der Waals surface area contributed by atoms with Crippen LogP contribution in [0, 0.1) is 6.92 Å². The van der Waals surface area contributed by atoms with E-state index in [1.165, 1.54) is 0 Å². The molecule has 0 bridgehead atoms. The van der Waals surface area contributed by atoms with Crippen LogP contribution in [0.3, 0.4) is 0 Å². The summed E-state index contributed by atoms with van der Waals surface area (Å²) in [5, 5.41) is 20.3. The highest BCUT2D eigenvalue weighted by Crippen LogP contribution is 2.36. The van der Waals surface area contributed by atoms with E-state index >= 15 is 0 Å². The minimum absolute atomic E-state index is 0.0222. The maximum Gasteiger partial charge on any atom is 0.342 e. The van der Waals surface area contributed by atoms with E-state index in [9.17, 15) is 9.90 Å². The Labute approximate surface area is 244 Å². The normalized spacial score (nSPS) is 11.7. The predicted molar refractivity (Wildman–Crippen MR) is 157 cm³/mol. The number of thioether (sulfide) groups is 1. The van der Waals surface area contributed by atoms with Crippen LogP contribution in [-0.2, 0) is 11.3 Å². The molecule has 0 amide bonds. The second-order valence-electron chi connectivity index (χ2n) is 8.73. The summed E-state index contributed by atoms with van der Waals surface area (Å²) in [5.74, 6) is 0.195. The predicted octanol–water partition coefficient (Wildman–Crippen LogP) is 7.59. The highest BCUT2D eigenvalue weighted by Gasteiger charge is 2.20. The molecule has 3 aromatic carbocycles. The number of carboxylic acid groups (broad SMARTS) is 1. The number of fused-ring (bicyclic) bond motifs is 1. The molecule has 0 saturated carbocycles. The van der Waals surface area contributed by atoms with Gasteiger partial charge in [0, 0.05) is 50.4 Å². The van der Waals surface area contributed by atoms with Gasteiger partial charge in [0.1, 0.15) is 16.4 Å². The summed E-state index contributed by atoms with van der Waals surface area (Å²) in [6.07, 6.45) is 1.63. The first-order valence-electron chi connectivity index (χ1n) is 12.0. The van der Waals surface area contributed by atoms with Crippen molar-refractivity contribution in [1.82, 2.24) is 14.8 Å². The SMILES string of the molecule is COc1cc(OC)cc(-c2nnc(S/C(=C\c3c(C)n(Cc4ccc(Cl)cc4Cl)c4ccccc34)C(=O)O)o2)c1. The van der Waals surface area contributed by atoms with Crippen molar-refractivity contribution < 1.29 is 23.8 Å². The van der Waals surface area contributed by atoms with Crippen LogP contribution in [0.1, 0.15) is 16.8 Å². The zero-order valence-electron chi connectivity index (χ0n) is 21.6. The van der Waals surface area contributed by atoms with Crippen molar-refractivity contribution in [3.8, 4) is 23.0 Å². The second kappa shape index (κ2) is 11.7. The minimum atomic E-state index is -1.12. The topological polar surface area (TPSA) is 99.6 Å². The number of aliphatic carboxylic acids is 1. The van der Waals surface area contributed by atoms with Crippen LogP contribution >= 0.6 is 35.0 Å². The minimum Gasteiger partial charge on any atom is -0.497 e. The van der Waals surface area contributed by atoms with Gasteiger partial charge < -0.3 is 23.6 Å². The molecule has 0 radical (unpaired) electrons. The molecule has 0 atom stereocenters. The Balaban J connectivity index is 1.51. The van der Waals surface area contributed by atoms with Gasteiger partial charge in [-0.05, 0) is 60.7 Å². The van der Waals surface area contributed by atoms with E-state index in [2.05, 4.69) is 14.8 Å². The average molecular weight is 596 g/mol. The average Bonchev–Trinajstić information content (AvgIpc) is 3.52. The van der Waals surface area contributed by atoms with Crippen molar-refractivity contribution >= 4 is 57.9 Å². The number of nitrogens with zero attached hydrogens (tertiary/aromatic N) is 3. The lowest BCUT2D eigenvalue weighted by atomic mass is 10.1. The molecule has 5 rings (SSSR count). The summed E-state index contributed by atoms with van der Waals surface area (Å²) < 4.78 is 18.5. The van der Waals surface area contributed by atoms with Crippen molar-refractivity contribution in [2.45, 2.75) is 18.7 Å². The highest BCUT2D eigenvalue weighted by molar-refractivity contribution is 8.03. The van der Waals surface area contributed by atoms with Crippen molar-refractivity contribution in [3.63, 3.8) is 0 Å². The first kappa shape index (κ1) is 27.6. The molecule has 5 aromatic rings. The van der Waals surface area contributed by atoms with Gasteiger partial charge in [-0.3, -0.25) is 0 Å². The number of ether oxygens (including phenoxy) is 2. The number of hydrogen-bond acceptors (Lipinski definition) is 7. The lowest BCUT2D eigenvalue weighted by Crippen LogP contribution is -2.03. The molecule has 2 aromatic heterocycles. The third kappa shape index (κ3) is 5.67.